The van der Waals surface area contributed by atoms with E-state index in [0.29, 0.717) is 11.2 Å². The lowest BCUT2D eigenvalue weighted by Crippen LogP contribution is -2.30. The standard InChI is InChI=1S/C20H21N3O2/c1-5-14-7-6-8-15(11-14)21-19(24)18-20(25)23(4)17-10-13(3)12(2)9-16(17)22-18/h6-11H,5H2,1-4H3,(H,21,24). The maximum absolute atomic E-state index is 12.6. The van der Waals surface area contributed by atoms with Gasteiger partial charge in [-0.25, -0.2) is 4.98 Å². The van der Waals surface area contributed by atoms with Gasteiger partial charge < -0.3 is 9.88 Å². The van der Waals surface area contributed by atoms with Gasteiger partial charge in [-0.2, -0.15) is 0 Å². The Kier molecular flexibility index (Phi) is 4.40. The summed E-state index contributed by atoms with van der Waals surface area (Å²) in [6.45, 7) is 6.02. The molecule has 5 nitrogen and oxygen atoms in total. The summed E-state index contributed by atoms with van der Waals surface area (Å²) in [5, 5.41) is 2.78. The second kappa shape index (κ2) is 6.51. The maximum Gasteiger partial charge on any atom is 0.282 e. The van der Waals surface area contributed by atoms with E-state index >= 15 is 0 Å². The van der Waals surface area contributed by atoms with Crippen LogP contribution < -0.4 is 10.9 Å². The van der Waals surface area contributed by atoms with E-state index in [4.69, 9.17) is 0 Å². The Morgan fingerprint density at radius 3 is 2.60 bits per heavy atom. The SMILES string of the molecule is CCc1cccc(NC(=O)c2nc3cc(C)c(C)cc3n(C)c2=O)c1. The number of anilines is 1. The molecule has 0 fully saturated rings. The highest BCUT2D eigenvalue weighted by Gasteiger charge is 2.17. The van der Waals surface area contributed by atoms with Gasteiger partial charge in [0.05, 0.1) is 11.0 Å². The molecule has 0 aliphatic rings. The van der Waals surface area contributed by atoms with Gasteiger partial charge in [-0.15, -0.1) is 0 Å². The maximum atomic E-state index is 12.6. The Balaban J connectivity index is 2.05. The largest absolute Gasteiger partial charge is 0.320 e. The molecule has 1 heterocycles. The van der Waals surface area contributed by atoms with Gasteiger partial charge in [-0.1, -0.05) is 19.1 Å². The lowest BCUT2D eigenvalue weighted by atomic mass is 10.1. The van der Waals surface area contributed by atoms with Gasteiger partial charge in [0.2, 0.25) is 0 Å². The lowest BCUT2D eigenvalue weighted by Gasteiger charge is -2.11. The molecule has 1 N–H and O–H groups in total. The molecule has 25 heavy (non-hydrogen) atoms. The molecule has 0 aliphatic carbocycles. The van der Waals surface area contributed by atoms with Crippen molar-refractivity contribution < 1.29 is 4.79 Å². The minimum atomic E-state index is -0.492. The van der Waals surface area contributed by atoms with Crippen molar-refractivity contribution in [2.24, 2.45) is 7.05 Å². The van der Waals surface area contributed by atoms with Crippen LogP contribution in [-0.4, -0.2) is 15.5 Å². The second-order valence-electron chi connectivity index (χ2n) is 6.26. The summed E-state index contributed by atoms with van der Waals surface area (Å²) < 4.78 is 1.48. The summed E-state index contributed by atoms with van der Waals surface area (Å²) in [6.07, 6.45) is 0.873. The molecular formula is C20H21N3O2. The third kappa shape index (κ3) is 3.18. The molecular weight excluding hydrogens is 314 g/mol. The molecule has 1 aromatic heterocycles. The number of aromatic nitrogens is 2. The normalized spacial score (nSPS) is 10.9. The third-order valence-electron chi connectivity index (χ3n) is 4.50. The fourth-order valence-electron chi connectivity index (χ4n) is 2.79. The van der Waals surface area contributed by atoms with Crippen LogP contribution >= 0.6 is 0 Å². The van der Waals surface area contributed by atoms with Crippen molar-refractivity contribution in [3.05, 3.63) is 69.1 Å². The van der Waals surface area contributed by atoms with E-state index in [-0.39, 0.29) is 5.69 Å². The first-order valence-corrected chi connectivity index (χ1v) is 8.29. The number of carbonyl (C=O) groups excluding carboxylic acids is 1. The summed E-state index contributed by atoms with van der Waals surface area (Å²) in [5.74, 6) is -0.492. The van der Waals surface area contributed by atoms with E-state index in [9.17, 15) is 9.59 Å². The number of amides is 1. The molecule has 128 valence electrons. The average molecular weight is 335 g/mol. The Labute approximate surface area is 146 Å². The summed E-state index contributed by atoms with van der Waals surface area (Å²) in [4.78, 5) is 29.5. The van der Waals surface area contributed by atoms with Crippen molar-refractivity contribution >= 4 is 22.6 Å². The fourth-order valence-corrected chi connectivity index (χ4v) is 2.79. The van der Waals surface area contributed by atoms with Crippen molar-refractivity contribution in [3.8, 4) is 0 Å². The van der Waals surface area contributed by atoms with Crippen molar-refractivity contribution in [2.45, 2.75) is 27.2 Å². The first-order valence-electron chi connectivity index (χ1n) is 8.29. The number of hydrogen-bond acceptors (Lipinski definition) is 3. The van der Waals surface area contributed by atoms with Gasteiger partial charge >= 0.3 is 0 Å². The molecule has 0 saturated carbocycles. The molecule has 0 atom stereocenters. The van der Waals surface area contributed by atoms with Crippen molar-refractivity contribution in [3.63, 3.8) is 0 Å². The van der Waals surface area contributed by atoms with Crippen LogP contribution in [0.3, 0.4) is 0 Å². The van der Waals surface area contributed by atoms with Crippen molar-refractivity contribution in [1.29, 1.82) is 0 Å². The van der Waals surface area contributed by atoms with Crippen LogP contribution in [0.25, 0.3) is 11.0 Å². The van der Waals surface area contributed by atoms with Gasteiger partial charge in [0, 0.05) is 12.7 Å². The molecule has 0 saturated heterocycles. The quantitative estimate of drug-likeness (QED) is 0.798. The minimum Gasteiger partial charge on any atom is -0.320 e. The number of carbonyl (C=O) groups is 1. The Morgan fingerprint density at radius 1 is 1.16 bits per heavy atom. The number of nitrogens with one attached hydrogen (secondary N) is 1. The number of fused-ring (bicyclic) bond motifs is 1. The van der Waals surface area contributed by atoms with Crippen LogP contribution in [0.15, 0.2) is 41.2 Å². The lowest BCUT2D eigenvalue weighted by molar-refractivity contribution is 0.102. The predicted octanol–water partition coefficient (Wildman–Crippen LogP) is 3.37. The second-order valence-corrected chi connectivity index (χ2v) is 6.26. The van der Waals surface area contributed by atoms with E-state index in [1.165, 1.54) is 4.57 Å². The van der Waals surface area contributed by atoms with Gasteiger partial charge in [0.15, 0.2) is 5.69 Å². The number of nitrogens with zero attached hydrogens (tertiary/aromatic N) is 2. The van der Waals surface area contributed by atoms with Crippen molar-refractivity contribution in [2.75, 3.05) is 5.32 Å². The summed E-state index contributed by atoms with van der Waals surface area (Å²) in [6, 6.07) is 11.4. The summed E-state index contributed by atoms with van der Waals surface area (Å²) >= 11 is 0. The van der Waals surface area contributed by atoms with Crippen LogP contribution in [0.4, 0.5) is 5.69 Å². The smallest absolute Gasteiger partial charge is 0.282 e. The highest BCUT2D eigenvalue weighted by Crippen LogP contribution is 2.17. The van der Waals surface area contributed by atoms with Gasteiger partial charge in [0.1, 0.15) is 0 Å². The van der Waals surface area contributed by atoms with E-state index in [0.717, 1.165) is 28.6 Å². The van der Waals surface area contributed by atoms with E-state index in [1.54, 1.807) is 13.1 Å². The zero-order valence-corrected chi connectivity index (χ0v) is 14.9. The van der Waals surface area contributed by atoms with E-state index < -0.39 is 11.5 Å². The Morgan fingerprint density at radius 2 is 1.88 bits per heavy atom. The van der Waals surface area contributed by atoms with Gasteiger partial charge in [-0.3, -0.25) is 9.59 Å². The number of benzene rings is 2. The molecule has 0 aliphatic heterocycles. The van der Waals surface area contributed by atoms with Crippen LogP contribution in [-0.2, 0) is 13.5 Å². The van der Waals surface area contributed by atoms with Gasteiger partial charge in [-0.05, 0) is 61.2 Å². The predicted molar refractivity (Wildman–Crippen MR) is 100 cm³/mol. The number of hydrogen-bond donors (Lipinski definition) is 1. The number of aryl methyl sites for hydroxylation is 4. The zero-order chi connectivity index (χ0) is 18.1. The first kappa shape index (κ1) is 16.9. The monoisotopic (exact) mass is 335 g/mol. The summed E-state index contributed by atoms with van der Waals surface area (Å²) in [5.41, 5.74) is 4.78. The van der Waals surface area contributed by atoms with Crippen LogP contribution in [0.5, 0.6) is 0 Å². The highest BCUT2D eigenvalue weighted by molar-refractivity contribution is 6.03. The first-order chi connectivity index (χ1) is 11.9. The van der Waals surface area contributed by atoms with Crippen molar-refractivity contribution in [1.82, 2.24) is 9.55 Å². The van der Waals surface area contributed by atoms with Crippen LogP contribution in [0.1, 0.15) is 34.1 Å². The minimum absolute atomic E-state index is 0.0971. The zero-order valence-electron chi connectivity index (χ0n) is 14.9. The van der Waals surface area contributed by atoms with Crippen LogP contribution in [0, 0.1) is 13.8 Å². The molecule has 0 spiro atoms. The molecule has 1 amide bonds. The average Bonchev–Trinajstić information content (AvgIpc) is 2.60. The third-order valence-corrected chi connectivity index (χ3v) is 4.50. The Bertz CT molecular complexity index is 1040. The van der Waals surface area contributed by atoms with E-state index in [1.807, 2.05) is 51.1 Å². The Hall–Kier alpha value is -2.95. The molecule has 3 rings (SSSR count). The summed E-state index contributed by atoms with van der Waals surface area (Å²) in [7, 11) is 1.66. The molecule has 3 aromatic rings. The fraction of sp³-hybridized carbons (Fsp3) is 0.250. The molecule has 5 heteroatoms. The van der Waals surface area contributed by atoms with Crippen LogP contribution in [0.2, 0.25) is 0 Å². The highest BCUT2D eigenvalue weighted by atomic mass is 16.2. The molecule has 0 bridgehead atoms. The van der Waals surface area contributed by atoms with E-state index in [2.05, 4.69) is 10.3 Å². The topological polar surface area (TPSA) is 64.0 Å². The molecule has 0 radical (unpaired) electrons. The molecule has 2 aromatic carbocycles. The molecule has 0 unspecified atom stereocenters. The number of rotatable bonds is 3. The van der Waals surface area contributed by atoms with Gasteiger partial charge in [0.25, 0.3) is 11.5 Å².